The van der Waals surface area contributed by atoms with Gasteiger partial charge in [-0.3, -0.25) is 14.0 Å². The number of thiophene rings is 1. The van der Waals surface area contributed by atoms with E-state index in [2.05, 4.69) is 0 Å². The number of fused-ring (bicyclic) bond motifs is 4. The monoisotopic (exact) mass is 422 g/mol. The van der Waals surface area contributed by atoms with Gasteiger partial charge in [0, 0.05) is 16.6 Å². The summed E-state index contributed by atoms with van der Waals surface area (Å²) >= 11 is 3.07. The maximum Gasteiger partial charge on any atom is 0.266 e. The van der Waals surface area contributed by atoms with E-state index in [1.54, 1.807) is 41.8 Å². The average molecular weight is 423 g/mol. The van der Waals surface area contributed by atoms with Gasteiger partial charge in [0.25, 0.3) is 5.56 Å². The number of benzene rings is 1. The molecular weight excluding hydrogens is 404 g/mol. The number of pyridine rings is 1. The molecular formula is C22H18N2O3S2. The highest BCUT2D eigenvalue weighted by atomic mass is 32.2. The highest BCUT2D eigenvalue weighted by molar-refractivity contribution is 7.98. The number of hydrogen-bond acceptors (Lipinski definition) is 6. The molecule has 0 radical (unpaired) electrons. The van der Waals surface area contributed by atoms with Crippen molar-refractivity contribution in [2.24, 2.45) is 0 Å². The minimum Gasteiger partial charge on any atom is -0.507 e. The van der Waals surface area contributed by atoms with E-state index in [4.69, 9.17) is 4.98 Å². The van der Waals surface area contributed by atoms with Gasteiger partial charge >= 0.3 is 0 Å². The van der Waals surface area contributed by atoms with Gasteiger partial charge in [-0.15, -0.1) is 23.1 Å². The van der Waals surface area contributed by atoms with E-state index in [9.17, 15) is 14.7 Å². The molecule has 5 rings (SSSR count). The molecule has 0 bridgehead atoms. The second-order valence-corrected chi connectivity index (χ2v) is 9.08. The Balaban J connectivity index is 1.79. The number of aromatic nitrogens is 2. The lowest BCUT2D eigenvalue weighted by molar-refractivity contribution is 0.103. The molecule has 0 spiro atoms. The largest absolute Gasteiger partial charge is 0.507 e. The van der Waals surface area contributed by atoms with Crippen LogP contribution >= 0.6 is 23.1 Å². The molecule has 1 aliphatic carbocycles. The van der Waals surface area contributed by atoms with Crippen LogP contribution in [0.3, 0.4) is 0 Å². The van der Waals surface area contributed by atoms with Crippen LogP contribution in [0.1, 0.15) is 39.2 Å². The summed E-state index contributed by atoms with van der Waals surface area (Å²) in [5.74, 6) is -0.393. The fourth-order valence-electron chi connectivity index (χ4n) is 3.99. The van der Waals surface area contributed by atoms with Crippen LogP contribution in [0.15, 0.2) is 46.2 Å². The Hall–Kier alpha value is -2.64. The van der Waals surface area contributed by atoms with Gasteiger partial charge in [-0.1, -0.05) is 12.1 Å². The first-order valence-electron chi connectivity index (χ1n) is 9.46. The molecule has 3 heterocycles. The lowest BCUT2D eigenvalue weighted by Crippen LogP contribution is -2.18. The number of phenolic OH excluding ortho intramolecular Hbond substituents is 1. The van der Waals surface area contributed by atoms with E-state index >= 15 is 0 Å². The van der Waals surface area contributed by atoms with Gasteiger partial charge in [0.05, 0.1) is 15.8 Å². The molecule has 1 N–H and O–H groups in total. The molecule has 0 saturated heterocycles. The fourth-order valence-corrected chi connectivity index (χ4v) is 5.81. The molecule has 0 aliphatic heterocycles. The number of aryl methyl sites for hydroxylation is 2. The molecule has 7 heteroatoms. The molecule has 1 aliphatic rings. The van der Waals surface area contributed by atoms with Crippen molar-refractivity contribution in [1.29, 1.82) is 0 Å². The first-order chi connectivity index (χ1) is 14.1. The average Bonchev–Trinajstić information content (AvgIpc) is 3.12. The minimum absolute atomic E-state index is 0.0730. The quantitative estimate of drug-likeness (QED) is 0.390. The van der Waals surface area contributed by atoms with Crippen LogP contribution in [0.25, 0.3) is 15.9 Å². The summed E-state index contributed by atoms with van der Waals surface area (Å²) < 4.78 is 1.50. The van der Waals surface area contributed by atoms with Crippen LogP contribution in [0.4, 0.5) is 0 Å². The Kier molecular flexibility index (Phi) is 4.44. The van der Waals surface area contributed by atoms with E-state index in [0.717, 1.165) is 41.0 Å². The second-order valence-electron chi connectivity index (χ2n) is 7.15. The molecule has 0 unspecified atom stereocenters. The molecule has 146 valence electrons. The van der Waals surface area contributed by atoms with Crippen molar-refractivity contribution in [3.8, 4) is 5.75 Å². The number of rotatable bonds is 3. The third-order valence-corrected chi connectivity index (χ3v) is 7.35. The standard InChI is InChI=1S/C22H18N2O3S2/c1-28-17-10-12(19(26)13-6-2-4-8-15(13)25)11-24-20(17)23-21-18(22(24)27)14-7-3-5-9-16(14)29-21/h2,4,6,8,10-11,25H,3,5,7,9H2,1H3. The van der Waals surface area contributed by atoms with Crippen molar-refractivity contribution in [3.63, 3.8) is 0 Å². The van der Waals surface area contributed by atoms with Crippen LogP contribution in [-0.4, -0.2) is 26.5 Å². The van der Waals surface area contributed by atoms with Gasteiger partial charge in [-0.2, -0.15) is 0 Å². The third kappa shape index (κ3) is 2.88. The van der Waals surface area contributed by atoms with E-state index < -0.39 is 0 Å². The highest BCUT2D eigenvalue weighted by Crippen LogP contribution is 2.35. The predicted octanol–water partition coefficient (Wildman–Crippen LogP) is 4.45. The number of aromatic hydroxyl groups is 1. The molecule has 3 aromatic heterocycles. The highest BCUT2D eigenvalue weighted by Gasteiger charge is 2.22. The number of hydrogen-bond donors (Lipinski definition) is 1. The summed E-state index contributed by atoms with van der Waals surface area (Å²) in [7, 11) is 0. The van der Waals surface area contributed by atoms with Crippen molar-refractivity contribution < 1.29 is 9.90 Å². The maximum absolute atomic E-state index is 13.4. The topological polar surface area (TPSA) is 71.7 Å². The third-order valence-electron chi connectivity index (χ3n) is 5.43. The lowest BCUT2D eigenvalue weighted by Gasteiger charge is -2.11. The summed E-state index contributed by atoms with van der Waals surface area (Å²) in [6.07, 6.45) is 7.61. The first kappa shape index (κ1) is 18.4. The minimum atomic E-state index is -0.320. The zero-order chi connectivity index (χ0) is 20.1. The van der Waals surface area contributed by atoms with Gasteiger partial charge in [0.2, 0.25) is 0 Å². The molecule has 29 heavy (non-hydrogen) atoms. The molecule has 0 atom stereocenters. The van der Waals surface area contributed by atoms with Gasteiger partial charge in [-0.25, -0.2) is 4.98 Å². The van der Waals surface area contributed by atoms with E-state index in [1.165, 1.54) is 27.1 Å². The molecule has 0 fully saturated rings. The first-order valence-corrected chi connectivity index (χ1v) is 11.5. The molecule has 5 nitrogen and oxygen atoms in total. The SMILES string of the molecule is CSc1cc(C(=O)c2ccccc2O)cn2c(=O)c3c4c(sc3nc12)CCCC4. The van der Waals surface area contributed by atoms with E-state index in [-0.39, 0.29) is 22.7 Å². The Morgan fingerprint density at radius 2 is 2.03 bits per heavy atom. The summed E-state index contributed by atoms with van der Waals surface area (Å²) in [6, 6.07) is 8.20. The van der Waals surface area contributed by atoms with Crippen LogP contribution in [-0.2, 0) is 12.8 Å². The van der Waals surface area contributed by atoms with Gasteiger partial charge < -0.3 is 5.11 Å². The number of carbonyl (C=O) groups is 1. The van der Waals surface area contributed by atoms with Gasteiger partial charge in [0.1, 0.15) is 10.6 Å². The van der Waals surface area contributed by atoms with E-state index in [0.29, 0.717) is 16.6 Å². The number of nitrogens with zero attached hydrogens (tertiary/aromatic N) is 2. The summed E-state index contributed by atoms with van der Waals surface area (Å²) in [4.78, 5) is 34.1. The van der Waals surface area contributed by atoms with Crippen molar-refractivity contribution in [2.75, 3.05) is 6.26 Å². The second kappa shape index (κ2) is 7.00. The van der Waals surface area contributed by atoms with Crippen molar-refractivity contribution >= 4 is 44.7 Å². The van der Waals surface area contributed by atoms with Crippen molar-refractivity contribution in [3.05, 3.63) is 68.4 Å². The Morgan fingerprint density at radius 3 is 2.83 bits per heavy atom. The van der Waals surface area contributed by atoms with Crippen LogP contribution < -0.4 is 5.56 Å². The summed E-state index contributed by atoms with van der Waals surface area (Å²) in [5.41, 5.74) is 2.16. The number of para-hydroxylation sites is 1. The maximum atomic E-state index is 13.4. The number of ketones is 1. The van der Waals surface area contributed by atoms with Crippen LogP contribution in [0.5, 0.6) is 5.75 Å². The molecule has 0 amide bonds. The number of carbonyl (C=O) groups excluding carboxylic acids is 1. The fraction of sp³-hybridized carbons (Fsp3) is 0.227. The van der Waals surface area contributed by atoms with Gasteiger partial charge in [0.15, 0.2) is 11.4 Å². The Labute approximate surface area is 175 Å². The smallest absolute Gasteiger partial charge is 0.266 e. The zero-order valence-electron chi connectivity index (χ0n) is 15.8. The van der Waals surface area contributed by atoms with Gasteiger partial charge in [-0.05, 0) is 55.7 Å². The predicted molar refractivity (Wildman–Crippen MR) is 117 cm³/mol. The Morgan fingerprint density at radius 1 is 1.24 bits per heavy atom. The van der Waals surface area contributed by atoms with Crippen molar-refractivity contribution in [2.45, 2.75) is 30.6 Å². The number of thioether (sulfide) groups is 1. The zero-order valence-corrected chi connectivity index (χ0v) is 17.4. The summed E-state index contributed by atoms with van der Waals surface area (Å²) in [6.45, 7) is 0. The molecule has 0 saturated carbocycles. The number of phenols is 1. The molecule has 4 aromatic rings. The normalized spacial score (nSPS) is 13.7. The molecule has 1 aromatic carbocycles. The summed E-state index contributed by atoms with van der Waals surface area (Å²) in [5, 5.41) is 10.8. The van der Waals surface area contributed by atoms with Crippen molar-refractivity contribution in [1.82, 2.24) is 9.38 Å². The lowest BCUT2D eigenvalue weighted by atomic mass is 9.97. The van der Waals surface area contributed by atoms with Crippen LogP contribution in [0.2, 0.25) is 0 Å². The van der Waals surface area contributed by atoms with Crippen LogP contribution in [0, 0.1) is 0 Å². The van der Waals surface area contributed by atoms with E-state index in [1.807, 2.05) is 6.26 Å². The Bertz CT molecular complexity index is 1350.